The molecule has 0 bridgehead atoms. The van der Waals surface area contributed by atoms with Crippen molar-refractivity contribution in [2.24, 2.45) is 0 Å². The molecule has 0 aromatic heterocycles. The second-order valence-electron chi connectivity index (χ2n) is 4.67. The van der Waals surface area contributed by atoms with Gasteiger partial charge in [-0.15, -0.1) is 0 Å². The summed E-state index contributed by atoms with van der Waals surface area (Å²) in [5, 5.41) is 12.2. The van der Waals surface area contributed by atoms with Gasteiger partial charge < -0.3 is 10.4 Å². The normalized spacial score (nSPS) is 19.9. The third-order valence-corrected chi connectivity index (χ3v) is 3.30. The summed E-state index contributed by atoms with van der Waals surface area (Å²) >= 11 is 0. The molecule has 0 radical (unpaired) electrons. The van der Waals surface area contributed by atoms with Crippen molar-refractivity contribution in [3.63, 3.8) is 0 Å². The minimum atomic E-state index is -0.692. The quantitative estimate of drug-likeness (QED) is 0.720. The van der Waals surface area contributed by atoms with Crippen LogP contribution in [0, 0.1) is 0 Å². The predicted molar refractivity (Wildman–Crippen MR) is 64.6 cm³/mol. The van der Waals surface area contributed by atoms with E-state index in [1.165, 1.54) is 0 Å². The summed E-state index contributed by atoms with van der Waals surface area (Å²) in [6.07, 6.45) is 3.63. The second-order valence-corrected chi connectivity index (χ2v) is 4.67. The fourth-order valence-electron chi connectivity index (χ4n) is 2.53. The lowest BCUT2D eigenvalue weighted by Crippen LogP contribution is -2.48. The molecule has 0 saturated carbocycles. The first-order valence-corrected chi connectivity index (χ1v) is 6.33. The molecule has 4 nitrogen and oxygen atoms in total. The predicted octanol–water partition coefficient (Wildman–Crippen LogP) is 1.31. The topological polar surface area (TPSA) is 52.6 Å². The summed E-state index contributed by atoms with van der Waals surface area (Å²) < 4.78 is 0. The minimum absolute atomic E-state index is 0.153. The number of aliphatic carboxylic acids is 1. The molecule has 94 valence electrons. The van der Waals surface area contributed by atoms with E-state index in [1.54, 1.807) is 0 Å². The summed E-state index contributed by atoms with van der Waals surface area (Å²) in [5.74, 6) is -0.692. The lowest BCUT2D eigenvalue weighted by atomic mass is 10.0. The molecule has 1 unspecified atom stereocenters. The maximum atomic E-state index is 10.8. The summed E-state index contributed by atoms with van der Waals surface area (Å²) in [5.41, 5.74) is 0. The molecular weight excluding hydrogens is 204 g/mol. The van der Waals surface area contributed by atoms with E-state index < -0.39 is 5.97 Å². The van der Waals surface area contributed by atoms with E-state index in [4.69, 9.17) is 5.11 Å². The van der Waals surface area contributed by atoms with Crippen LogP contribution in [0.4, 0.5) is 0 Å². The summed E-state index contributed by atoms with van der Waals surface area (Å²) in [6.45, 7) is 7.32. The third-order valence-electron chi connectivity index (χ3n) is 3.30. The Hall–Kier alpha value is -0.610. The Kier molecular flexibility index (Phi) is 5.77. The second kappa shape index (κ2) is 6.86. The Balaban J connectivity index is 2.53. The van der Waals surface area contributed by atoms with Crippen LogP contribution in [0.2, 0.25) is 0 Å². The van der Waals surface area contributed by atoms with Crippen LogP contribution in [0.25, 0.3) is 0 Å². The van der Waals surface area contributed by atoms with E-state index in [-0.39, 0.29) is 12.5 Å². The lowest BCUT2D eigenvalue weighted by molar-refractivity contribution is -0.138. The molecule has 16 heavy (non-hydrogen) atoms. The van der Waals surface area contributed by atoms with Crippen molar-refractivity contribution >= 4 is 5.97 Å². The van der Waals surface area contributed by atoms with E-state index in [0.29, 0.717) is 6.04 Å². The van der Waals surface area contributed by atoms with Crippen LogP contribution in [0.5, 0.6) is 0 Å². The SMILES string of the molecule is CCCN(C(C)CC(=O)O)C1CCNCC1. The maximum Gasteiger partial charge on any atom is 0.304 e. The van der Waals surface area contributed by atoms with Gasteiger partial charge in [0.05, 0.1) is 6.42 Å². The Labute approximate surface area is 98.0 Å². The fraction of sp³-hybridized carbons (Fsp3) is 0.917. The van der Waals surface area contributed by atoms with Gasteiger partial charge in [-0.1, -0.05) is 6.92 Å². The third kappa shape index (κ3) is 4.10. The van der Waals surface area contributed by atoms with E-state index >= 15 is 0 Å². The molecule has 1 saturated heterocycles. The molecule has 1 fully saturated rings. The number of carbonyl (C=O) groups is 1. The highest BCUT2D eigenvalue weighted by molar-refractivity contribution is 5.67. The summed E-state index contributed by atoms with van der Waals surface area (Å²) in [7, 11) is 0. The minimum Gasteiger partial charge on any atom is -0.481 e. The number of hydrogen-bond donors (Lipinski definition) is 2. The van der Waals surface area contributed by atoms with Gasteiger partial charge in [0.15, 0.2) is 0 Å². The number of hydrogen-bond acceptors (Lipinski definition) is 3. The van der Waals surface area contributed by atoms with Gasteiger partial charge in [-0.25, -0.2) is 0 Å². The highest BCUT2D eigenvalue weighted by atomic mass is 16.4. The number of carboxylic acid groups (broad SMARTS) is 1. The van der Waals surface area contributed by atoms with E-state index in [1.807, 2.05) is 6.92 Å². The van der Waals surface area contributed by atoms with Crippen molar-refractivity contribution in [1.29, 1.82) is 0 Å². The molecule has 1 atom stereocenters. The van der Waals surface area contributed by atoms with Gasteiger partial charge in [-0.2, -0.15) is 0 Å². The van der Waals surface area contributed by atoms with Crippen molar-refractivity contribution in [3.05, 3.63) is 0 Å². The Morgan fingerprint density at radius 1 is 1.50 bits per heavy atom. The van der Waals surface area contributed by atoms with Gasteiger partial charge >= 0.3 is 5.97 Å². The van der Waals surface area contributed by atoms with Gasteiger partial charge in [0.2, 0.25) is 0 Å². The van der Waals surface area contributed by atoms with E-state index in [9.17, 15) is 4.79 Å². The van der Waals surface area contributed by atoms with Crippen molar-refractivity contribution in [1.82, 2.24) is 10.2 Å². The number of piperidine rings is 1. The van der Waals surface area contributed by atoms with Crippen LogP contribution < -0.4 is 5.32 Å². The maximum absolute atomic E-state index is 10.8. The molecule has 0 spiro atoms. The van der Waals surface area contributed by atoms with Crippen molar-refractivity contribution in [3.8, 4) is 0 Å². The highest BCUT2D eigenvalue weighted by Crippen LogP contribution is 2.17. The molecule has 1 heterocycles. The molecule has 2 N–H and O–H groups in total. The van der Waals surface area contributed by atoms with Gasteiger partial charge in [0, 0.05) is 12.1 Å². The van der Waals surface area contributed by atoms with Crippen LogP contribution >= 0.6 is 0 Å². The number of rotatable bonds is 6. The Bertz CT molecular complexity index is 215. The van der Waals surface area contributed by atoms with Crippen molar-refractivity contribution in [2.75, 3.05) is 19.6 Å². The standard InChI is InChI=1S/C12H24N2O2/c1-3-8-14(10(2)9-12(15)16)11-4-6-13-7-5-11/h10-11,13H,3-9H2,1-2H3,(H,15,16). The summed E-state index contributed by atoms with van der Waals surface area (Å²) in [4.78, 5) is 13.1. The number of nitrogens with zero attached hydrogens (tertiary/aromatic N) is 1. The molecule has 0 aliphatic carbocycles. The summed E-state index contributed by atoms with van der Waals surface area (Å²) in [6, 6.07) is 0.719. The molecule has 0 aromatic rings. The van der Waals surface area contributed by atoms with Crippen molar-refractivity contribution in [2.45, 2.75) is 51.6 Å². The smallest absolute Gasteiger partial charge is 0.304 e. The van der Waals surface area contributed by atoms with Crippen LogP contribution in [-0.2, 0) is 4.79 Å². The molecule has 1 aliphatic heterocycles. The molecule has 4 heteroatoms. The van der Waals surface area contributed by atoms with Gasteiger partial charge in [-0.05, 0) is 45.8 Å². The Morgan fingerprint density at radius 3 is 2.62 bits per heavy atom. The fourth-order valence-corrected chi connectivity index (χ4v) is 2.53. The first-order valence-electron chi connectivity index (χ1n) is 6.33. The van der Waals surface area contributed by atoms with Crippen LogP contribution in [0.1, 0.15) is 39.5 Å². The first-order chi connectivity index (χ1) is 7.65. The van der Waals surface area contributed by atoms with Crippen LogP contribution in [-0.4, -0.2) is 47.7 Å². The van der Waals surface area contributed by atoms with E-state index in [2.05, 4.69) is 17.1 Å². The first kappa shape index (κ1) is 13.5. The van der Waals surface area contributed by atoms with Gasteiger partial charge in [0.25, 0.3) is 0 Å². The van der Waals surface area contributed by atoms with Gasteiger partial charge in [0.1, 0.15) is 0 Å². The zero-order valence-corrected chi connectivity index (χ0v) is 10.4. The average molecular weight is 228 g/mol. The lowest BCUT2D eigenvalue weighted by Gasteiger charge is -2.38. The number of nitrogens with one attached hydrogen (secondary N) is 1. The molecular formula is C12H24N2O2. The zero-order valence-electron chi connectivity index (χ0n) is 10.4. The monoisotopic (exact) mass is 228 g/mol. The zero-order chi connectivity index (χ0) is 12.0. The Morgan fingerprint density at radius 2 is 2.12 bits per heavy atom. The van der Waals surface area contributed by atoms with Gasteiger partial charge in [-0.3, -0.25) is 9.69 Å². The van der Waals surface area contributed by atoms with E-state index in [0.717, 1.165) is 38.9 Å². The average Bonchev–Trinajstić information content (AvgIpc) is 2.26. The van der Waals surface area contributed by atoms with Crippen LogP contribution in [0.15, 0.2) is 0 Å². The molecule has 1 rings (SSSR count). The van der Waals surface area contributed by atoms with Crippen LogP contribution in [0.3, 0.4) is 0 Å². The molecule has 0 aromatic carbocycles. The van der Waals surface area contributed by atoms with Crippen molar-refractivity contribution < 1.29 is 9.90 Å². The molecule has 0 amide bonds. The number of carboxylic acids is 1. The molecule has 1 aliphatic rings. The largest absolute Gasteiger partial charge is 0.481 e. The highest BCUT2D eigenvalue weighted by Gasteiger charge is 2.25.